The molecule has 0 unspecified atom stereocenters. The SMILES string of the molecule is C/C(=C\C=C\c1ccc([N+](=O)[O-])cc1)C[C@H](N)C(C(=O)O)C(=O)O. The number of non-ortho nitro benzene ring substituents is 1. The number of carbonyl (C=O) groups is 2. The lowest BCUT2D eigenvalue weighted by atomic mass is 9.94. The van der Waals surface area contributed by atoms with Crippen LogP contribution in [-0.2, 0) is 9.59 Å². The Labute approximate surface area is 138 Å². The van der Waals surface area contributed by atoms with Crippen molar-refractivity contribution < 1.29 is 24.7 Å². The van der Waals surface area contributed by atoms with Crippen LogP contribution in [0.2, 0.25) is 0 Å². The third-order valence-electron chi connectivity index (χ3n) is 3.29. The predicted octanol–water partition coefficient (Wildman–Crippen LogP) is 2.06. The topological polar surface area (TPSA) is 144 Å². The summed E-state index contributed by atoms with van der Waals surface area (Å²) in [5, 5.41) is 28.3. The molecule has 0 aliphatic rings. The van der Waals surface area contributed by atoms with Crippen molar-refractivity contribution in [3.8, 4) is 0 Å². The molecule has 1 atom stereocenters. The summed E-state index contributed by atoms with van der Waals surface area (Å²) in [4.78, 5) is 31.9. The minimum Gasteiger partial charge on any atom is -0.481 e. The zero-order chi connectivity index (χ0) is 18.3. The van der Waals surface area contributed by atoms with E-state index in [4.69, 9.17) is 15.9 Å². The zero-order valence-electron chi connectivity index (χ0n) is 13.0. The molecule has 24 heavy (non-hydrogen) atoms. The van der Waals surface area contributed by atoms with Crippen molar-refractivity contribution in [3.63, 3.8) is 0 Å². The molecule has 0 fully saturated rings. The number of carboxylic acids is 2. The molecule has 8 nitrogen and oxygen atoms in total. The molecule has 0 amide bonds. The second-order valence-corrected chi connectivity index (χ2v) is 5.24. The van der Waals surface area contributed by atoms with Crippen molar-refractivity contribution in [2.24, 2.45) is 11.7 Å². The number of hydrogen-bond acceptors (Lipinski definition) is 5. The number of rotatable bonds is 8. The lowest BCUT2D eigenvalue weighted by molar-refractivity contribution is -0.384. The number of aliphatic carboxylic acids is 2. The van der Waals surface area contributed by atoms with Gasteiger partial charge in [-0.2, -0.15) is 0 Å². The summed E-state index contributed by atoms with van der Waals surface area (Å²) in [6, 6.07) is 4.92. The number of nitrogens with zero attached hydrogens (tertiary/aromatic N) is 1. The third-order valence-corrected chi connectivity index (χ3v) is 3.29. The molecule has 1 aromatic rings. The van der Waals surface area contributed by atoms with E-state index in [0.29, 0.717) is 5.57 Å². The first kappa shape index (κ1) is 19.0. The van der Waals surface area contributed by atoms with Gasteiger partial charge in [-0.25, -0.2) is 0 Å². The average Bonchev–Trinajstić information content (AvgIpc) is 2.46. The number of allylic oxidation sites excluding steroid dienone is 2. The second-order valence-electron chi connectivity index (χ2n) is 5.24. The summed E-state index contributed by atoms with van der Waals surface area (Å²) in [6.07, 6.45) is 5.19. The highest BCUT2D eigenvalue weighted by molar-refractivity contribution is 5.93. The van der Waals surface area contributed by atoms with Gasteiger partial charge in [0.25, 0.3) is 5.69 Å². The fourth-order valence-corrected chi connectivity index (χ4v) is 2.06. The molecular formula is C16H18N2O6. The molecule has 0 radical (unpaired) electrons. The number of nitro benzene ring substituents is 1. The van der Waals surface area contributed by atoms with E-state index in [1.807, 2.05) is 0 Å². The molecule has 0 saturated carbocycles. The van der Waals surface area contributed by atoms with Crippen molar-refractivity contribution in [2.45, 2.75) is 19.4 Å². The summed E-state index contributed by atoms with van der Waals surface area (Å²) in [6.45, 7) is 1.71. The summed E-state index contributed by atoms with van der Waals surface area (Å²) >= 11 is 0. The molecule has 0 aliphatic heterocycles. The van der Waals surface area contributed by atoms with E-state index in [1.54, 1.807) is 37.3 Å². The maximum atomic E-state index is 10.9. The lowest BCUT2D eigenvalue weighted by Crippen LogP contribution is -2.40. The van der Waals surface area contributed by atoms with Gasteiger partial charge in [0, 0.05) is 18.2 Å². The normalized spacial score (nSPS) is 13.2. The van der Waals surface area contributed by atoms with Gasteiger partial charge in [0.2, 0.25) is 0 Å². The Balaban J connectivity index is 2.70. The first-order valence-electron chi connectivity index (χ1n) is 7.02. The Morgan fingerprint density at radius 1 is 1.25 bits per heavy atom. The smallest absolute Gasteiger partial charge is 0.319 e. The largest absolute Gasteiger partial charge is 0.481 e. The van der Waals surface area contributed by atoms with E-state index >= 15 is 0 Å². The molecule has 0 saturated heterocycles. The van der Waals surface area contributed by atoms with Crippen LogP contribution in [-0.4, -0.2) is 33.1 Å². The molecule has 0 bridgehead atoms. The Hall–Kier alpha value is -3.00. The van der Waals surface area contributed by atoms with E-state index in [2.05, 4.69) is 0 Å². The third kappa shape index (κ3) is 5.65. The van der Waals surface area contributed by atoms with E-state index in [0.717, 1.165) is 5.56 Å². The van der Waals surface area contributed by atoms with Crippen molar-refractivity contribution >= 4 is 23.7 Å². The highest BCUT2D eigenvalue weighted by atomic mass is 16.6. The zero-order valence-corrected chi connectivity index (χ0v) is 13.0. The summed E-state index contributed by atoms with van der Waals surface area (Å²) < 4.78 is 0. The van der Waals surface area contributed by atoms with Crippen LogP contribution < -0.4 is 5.73 Å². The molecule has 1 aromatic carbocycles. The fourth-order valence-electron chi connectivity index (χ4n) is 2.06. The molecule has 128 valence electrons. The number of nitrogens with two attached hydrogens (primary N) is 1. The monoisotopic (exact) mass is 334 g/mol. The summed E-state index contributed by atoms with van der Waals surface area (Å²) in [7, 11) is 0. The fraction of sp³-hybridized carbons (Fsp3) is 0.250. The van der Waals surface area contributed by atoms with Crippen LogP contribution >= 0.6 is 0 Å². The molecule has 8 heteroatoms. The second kappa shape index (κ2) is 8.59. The first-order valence-corrected chi connectivity index (χ1v) is 7.02. The molecule has 0 aromatic heterocycles. The van der Waals surface area contributed by atoms with E-state index in [1.165, 1.54) is 12.1 Å². The van der Waals surface area contributed by atoms with Crippen molar-refractivity contribution in [2.75, 3.05) is 0 Å². The molecule has 4 N–H and O–H groups in total. The van der Waals surface area contributed by atoms with Crippen LogP contribution in [0.25, 0.3) is 6.08 Å². The number of benzene rings is 1. The Bertz CT molecular complexity index is 664. The van der Waals surface area contributed by atoms with Gasteiger partial charge in [-0.1, -0.05) is 23.8 Å². The van der Waals surface area contributed by atoms with Gasteiger partial charge >= 0.3 is 11.9 Å². The molecular weight excluding hydrogens is 316 g/mol. The molecule has 0 spiro atoms. The average molecular weight is 334 g/mol. The summed E-state index contributed by atoms with van der Waals surface area (Å²) in [5.41, 5.74) is 7.13. The van der Waals surface area contributed by atoms with Crippen LogP contribution in [0, 0.1) is 16.0 Å². The van der Waals surface area contributed by atoms with Gasteiger partial charge in [0.15, 0.2) is 5.92 Å². The van der Waals surface area contributed by atoms with Gasteiger partial charge in [-0.3, -0.25) is 19.7 Å². The highest BCUT2D eigenvalue weighted by Gasteiger charge is 2.32. The molecule has 1 rings (SSSR count). The summed E-state index contributed by atoms with van der Waals surface area (Å²) in [5.74, 6) is -4.60. The van der Waals surface area contributed by atoms with Gasteiger partial charge in [-0.05, 0) is 31.0 Å². The Morgan fingerprint density at radius 2 is 1.79 bits per heavy atom. The van der Waals surface area contributed by atoms with Crippen LogP contribution in [0.1, 0.15) is 18.9 Å². The van der Waals surface area contributed by atoms with Crippen molar-refractivity contribution in [1.29, 1.82) is 0 Å². The van der Waals surface area contributed by atoms with Gasteiger partial charge in [-0.15, -0.1) is 0 Å². The van der Waals surface area contributed by atoms with Crippen LogP contribution in [0.15, 0.2) is 42.0 Å². The van der Waals surface area contributed by atoms with Crippen molar-refractivity contribution in [3.05, 3.63) is 57.7 Å². The standard InChI is InChI=1S/C16H18N2O6/c1-10(9-13(17)14(15(19)20)16(21)22)3-2-4-11-5-7-12(8-6-11)18(23)24/h2-8,13-14H,9,17H2,1H3,(H,19,20)(H,21,22)/b4-2+,10-3+/t13-/m0/s1. The highest BCUT2D eigenvalue weighted by Crippen LogP contribution is 2.15. The van der Waals surface area contributed by atoms with Crippen LogP contribution in [0.5, 0.6) is 0 Å². The Kier molecular flexibility index (Phi) is 6.81. The van der Waals surface area contributed by atoms with Gasteiger partial charge < -0.3 is 15.9 Å². The maximum Gasteiger partial charge on any atom is 0.319 e. The van der Waals surface area contributed by atoms with E-state index in [-0.39, 0.29) is 12.1 Å². The number of carboxylic acid groups (broad SMARTS) is 2. The van der Waals surface area contributed by atoms with Crippen LogP contribution in [0.4, 0.5) is 5.69 Å². The minimum absolute atomic E-state index is 0.00164. The molecule has 0 heterocycles. The van der Waals surface area contributed by atoms with Crippen LogP contribution in [0.3, 0.4) is 0 Å². The quantitative estimate of drug-likeness (QED) is 0.285. The first-order chi connectivity index (χ1) is 11.2. The number of hydrogen-bond donors (Lipinski definition) is 3. The van der Waals surface area contributed by atoms with Gasteiger partial charge in [0.05, 0.1) is 4.92 Å². The molecule has 0 aliphatic carbocycles. The lowest BCUT2D eigenvalue weighted by Gasteiger charge is -2.16. The maximum absolute atomic E-state index is 10.9. The number of nitro groups is 1. The predicted molar refractivity (Wildman–Crippen MR) is 87.2 cm³/mol. The van der Waals surface area contributed by atoms with Gasteiger partial charge in [0.1, 0.15) is 0 Å². The van der Waals surface area contributed by atoms with E-state index in [9.17, 15) is 19.7 Å². The van der Waals surface area contributed by atoms with E-state index < -0.39 is 28.8 Å². The van der Waals surface area contributed by atoms with Crippen molar-refractivity contribution in [1.82, 2.24) is 0 Å². The Morgan fingerprint density at radius 3 is 2.25 bits per heavy atom. The minimum atomic E-state index is -1.66.